The zero-order valence-electron chi connectivity index (χ0n) is 10.3. The highest BCUT2D eigenvalue weighted by atomic mass is 35.5. The van der Waals surface area contributed by atoms with Gasteiger partial charge in [0.05, 0.1) is 0 Å². The Morgan fingerprint density at radius 3 is 2.41 bits per heavy atom. The Morgan fingerprint density at radius 1 is 1.18 bits per heavy atom. The van der Waals surface area contributed by atoms with Crippen molar-refractivity contribution in [2.75, 3.05) is 0 Å². The van der Waals surface area contributed by atoms with Gasteiger partial charge in [-0.05, 0) is 50.1 Å². The fraction of sp³-hybridized carbons (Fsp3) is 0.286. The number of aryl methyl sites for hydroxylation is 1. The van der Waals surface area contributed by atoms with Gasteiger partial charge in [0.15, 0.2) is 0 Å². The monoisotopic (exact) mass is 265 g/mol. The number of benzene rings is 1. The average Bonchev–Trinajstić information content (AvgIpc) is 2.70. The lowest BCUT2D eigenvalue weighted by atomic mass is 10.1. The van der Waals surface area contributed by atoms with Crippen molar-refractivity contribution < 1.29 is 0 Å². The van der Waals surface area contributed by atoms with E-state index in [1.54, 1.807) is 11.3 Å². The Kier molecular flexibility index (Phi) is 3.30. The van der Waals surface area contributed by atoms with E-state index < -0.39 is 0 Å². The van der Waals surface area contributed by atoms with Gasteiger partial charge in [0.1, 0.15) is 0 Å². The molecule has 0 saturated carbocycles. The molecule has 1 aromatic carbocycles. The third kappa shape index (κ3) is 2.71. The van der Waals surface area contributed by atoms with Gasteiger partial charge in [0.2, 0.25) is 0 Å². The van der Waals surface area contributed by atoms with Crippen molar-refractivity contribution in [3.05, 3.63) is 45.8 Å². The van der Waals surface area contributed by atoms with E-state index in [4.69, 9.17) is 17.3 Å². The van der Waals surface area contributed by atoms with Crippen LogP contribution in [0.4, 0.5) is 0 Å². The lowest BCUT2D eigenvalue weighted by Crippen LogP contribution is -2.27. The zero-order chi connectivity index (χ0) is 12.6. The molecule has 0 spiro atoms. The van der Waals surface area contributed by atoms with Crippen LogP contribution in [0.5, 0.6) is 0 Å². The standard InChI is InChI=1S/C14H16ClNS/c1-9-4-5-10(8-11(9)15)12-6-7-13(17-12)14(2,3)16/h4-8H,16H2,1-3H3. The number of thiophene rings is 1. The van der Waals surface area contributed by atoms with Crippen molar-refractivity contribution in [1.82, 2.24) is 0 Å². The van der Waals surface area contributed by atoms with Crippen LogP contribution in [0.25, 0.3) is 10.4 Å². The maximum absolute atomic E-state index is 6.14. The smallest absolute Gasteiger partial charge is 0.0446 e. The van der Waals surface area contributed by atoms with Crippen molar-refractivity contribution >= 4 is 22.9 Å². The molecule has 0 unspecified atom stereocenters. The maximum Gasteiger partial charge on any atom is 0.0446 e. The Hall–Kier alpha value is -0.830. The molecule has 0 fully saturated rings. The van der Waals surface area contributed by atoms with Gasteiger partial charge in [-0.15, -0.1) is 11.3 Å². The molecule has 0 aliphatic rings. The second-order valence-corrected chi connectivity index (χ2v) is 6.34. The summed E-state index contributed by atoms with van der Waals surface area (Å²) in [5, 5.41) is 0.810. The van der Waals surface area contributed by atoms with E-state index >= 15 is 0 Å². The van der Waals surface area contributed by atoms with Gasteiger partial charge in [-0.25, -0.2) is 0 Å². The van der Waals surface area contributed by atoms with E-state index in [0.717, 1.165) is 16.1 Å². The van der Waals surface area contributed by atoms with Gasteiger partial charge in [-0.1, -0.05) is 23.7 Å². The average molecular weight is 266 g/mol. The summed E-state index contributed by atoms with van der Waals surface area (Å²) in [4.78, 5) is 2.39. The number of nitrogens with two attached hydrogens (primary N) is 1. The van der Waals surface area contributed by atoms with Crippen molar-refractivity contribution in [3.8, 4) is 10.4 Å². The first-order valence-electron chi connectivity index (χ1n) is 5.53. The SMILES string of the molecule is Cc1ccc(-c2ccc(C(C)(C)N)s2)cc1Cl. The molecule has 2 N–H and O–H groups in total. The largest absolute Gasteiger partial charge is 0.321 e. The molecule has 2 aromatic rings. The normalized spacial score (nSPS) is 11.8. The molecule has 1 nitrogen and oxygen atoms in total. The predicted octanol–water partition coefficient (Wildman–Crippen LogP) is 4.57. The second kappa shape index (κ2) is 4.45. The van der Waals surface area contributed by atoms with E-state index in [-0.39, 0.29) is 5.54 Å². The van der Waals surface area contributed by atoms with Gasteiger partial charge in [-0.2, -0.15) is 0 Å². The summed E-state index contributed by atoms with van der Waals surface area (Å²) >= 11 is 7.86. The molecule has 2 rings (SSSR count). The van der Waals surface area contributed by atoms with Crippen molar-refractivity contribution in [3.63, 3.8) is 0 Å². The van der Waals surface area contributed by atoms with E-state index in [9.17, 15) is 0 Å². The fourth-order valence-corrected chi connectivity index (χ4v) is 2.78. The first-order valence-corrected chi connectivity index (χ1v) is 6.73. The van der Waals surface area contributed by atoms with Crippen LogP contribution in [-0.2, 0) is 5.54 Å². The Morgan fingerprint density at radius 2 is 1.88 bits per heavy atom. The summed E-state index contributed by atoms with van der Waals surface area (Å²) < 4.78 is 0. The Labute approximate surface area is 111 Å². The first kappa shape index (κ1) is 12.6. The molecule has 0 bridgehead atoms. The van der Waals surface area contributed by atoms with Crippen LogP contribution in [0.15, 0.2) is 30.3 Å². The van der Waals surface area contributed by atoms with Crippen LogP contribution in [-0.4, -0.2) is 0 Å². The van der Waals surface area contributed by atoms with E-state index in [1.165, 1.54) is 9.75 Å². The molecule has 0 amide bonds. The summed E-state index contributed by atoms with van der Waals surface area (Å²) in [6.07, 6.45) is 0. The minimum absolute atomic E-state index is 0.280. The third-order valence-electron chi connectivity index (χ3n) is 2.70. The summed E-state index contributed by atoms with van der Waals surface area (Å²) in [7, 11) is 0. The molecule has 0 atom stereocenters. The number of hydrogen-bond donors (Lipinski definition) is 1. The van der Waals surface area contributed by atoms with Crippen LogP contribution < -0.4 is 5.73 Å². The van der Waals surface area contributed by atoms with E-state index in [2.05, 4.69) is 18.2 Å². The summed E-state index contributed by atoms with van der Waals surface area (Å²) in [5.74, 6) is 0. The van der Waals surface area contributed by atoms with Crippen molar-refractivity contribution in [1.29, 1.82) is 0 Å². The highest BCUT2D eigenvalue weighted by Gasteiger charge is 2.17. The van der Waals surface area contributed by atoms with Crippen LogP contribution >= 0.6 is 22.9 Å². The quantitative estimate of drug-likeness (QED) is 0.846. The molecular formula is C14H16ClNS. The molecule has 17 heavy (non-hydrogen) atoms. The molecule has 0 radical (unpaired) electrons. The summed E-state index contributed by atoms with van der Waals surface area (Å²) in [5.41, 5.74) is 8.06. The molecule has 0 aliphatic carbocycles. The highest BCUT2D eigenvalue weighted by Crippen LogP contribution is 2.34. The van der Waals surface area contributed by atoms with Crippen LogP contribution in [0.3, 0.4) is 0 Å². The molecule has 3 heteroatoms. The predicted molar refractivity (Wildman–Crippen MR) is 76.7 cm³/mol. The number of hydrogen-bond acceptors (Lipinski definition) is 2. The maximum atomic E-state index is 6.14. The lowest BCUT2D eigenvalue weighted by molar-refractivity contribution is 0.567. The summed E-state index contributed by atoms with van der Waals surface area (Å²) in [6, 6.07) is 10.4. The minimum atomic E-state index is -0.280. The Balaban J connectivity index is 2.40. The zero-order valence-corrected chi connectivity index (χ0v) is 11.8. The number of halogens is 1. The first-order chi connectivity index (χ1) is 7.88. The molecular weight excluding hydrogens is 250 g/mol. The van der Waals surface area contributed by atoms with Gasteiger partial charge < -0.3 is 5.73 Å². The fourth-order valence-electron chi connectivity index (χ4n) is 1.59. The van der Waals surface area contributed by atoms with E-state index in [1.807, 2.05) is 32.9 Å². The molecule has 0 saturated heterocycles. The van der Waals surface area contributed by atoms with Crippen molar-refractivity contribution in [2.24, 2.45) is 5.73 Å². The van der Waals surface area contributed by atoms with E-state index in [0.29, 0.717) is 0 Å². The minimum Gasteiger partial charge on any atom is -0.321 e. The third-order valence-corrected chi connectivity index (χ3v) is 4.58. The van der Waals surface area contributed by atoms with Gasteiger partial charge >= 0.3 is 0 Å². The second-order valence-electron chi connectivity index (χ2n) is 4.85. The van der Waals surface area contributed by atoms with Gasteiger partial charge in [0.25, 0.3) is 0 Å². The Bertz CT molecular complexity index is 537. The molecule has 1 aromatic heterocycles. The van der Waals surface area contributed by atoms with Crippen LogP contribution in [0, 0.1) is 6.92 Å². The lowest BCUT2D eigenvalue weighted by Gasteiger charge is -2.15. The van der Waals surface area contributed by atoms with Gasteiger partial charge in [-0.3, -0.25) is 0 Å². The molecule has 90 valence electrons. The molecule has 1 heterocycles. The van der Waals surface area contributed by atoms with Crippen LogP contribution in [0.1, 0.15) is 24.3 Å². The van der Waals surface area contributed by atoms with Crippen LogP contribution in [0.2, 0.25) is 5.02 Å². The molecule has 0 aliphatic heterocycles. The van der Waals surface area contributed by atoms with Gasteiger partial charge in [0, 0.05) is 20.3 Å². The topological polar surface area (TPSA) is 26.0 Å². The highest BCUT2D eigenvalue weighted by molar-refractivity contribution is 7.15. The summed E-state index contributed by atoms with van der Waals surface area (Å²) in [6.45, 7) is 6.05. The number of rotatable bonds is 2. The van der Waals surface area contributed by atoms with Crippen molar-refractivity contribution in [2.45, 2.75) is 26.3 Å².